The Labute approximate surface area is 110 Å². The van der Waals surface area contributed by atoms with Gasteiger partial charge in [0.25, 0.3) is 5.91 Å². The summed E-state index contributed by atoms with van der Waals surface area (Å²) in [6.07, 6.45) is 2.75. The molecule has 0 unspecified atom stereocenters. The van der Waals surface area contributed by atoms with Crippen LogP contribution in [0.3, 0.4) is 0 Å². The van der Waals surface area contributed by atoms with E-state index >= 15 is 0 Å². The number of rotatable bonds is 2. The van der Waals surface area contributed by atoms with Crippen LogP contribution in [0, 0.1) is 6.92 Å². The van der Waals surface area contributed by atoms with E-state index in [0.717, 1.165) is 30.9 Å². The molecule has 0 saturated carbocycles. The highest BCUT2D eigenvalue weighted by Crippen LogP contribution is 2.15. The third-order valence-electron chi connectivity index (χ3n) is 3.48. The quantitative estimate of drug-likeness (QED) is 0.882. The minimum atomic E-state index is -0.167. The Morgan fingerprint density at radius 3 is 2.37 bits per heavy atom. The summed E-state index contributed by atoms with van der Waals surface area (Å²) in [7, 11) is 0. The van der Waals surface area contributed by atoms with Crippen LogP contribution in [0.2, 0.25) is 0 Å². The smallest absolute Gasteiger partial charge is 0.330 e. The Kier molecular flexibility index (Phi) is 2.74. The molecule has 1 N–H and O–H groups in total. The van der Waals surface area contributed by atoms with Gasteiger partial charge in [0.1, 0.15) is 0 Å². The number of H-pyrrole nitrogens is 1. The van der Waals surface area contributed by atoms with E-state index in [2.05, 4.69) is 4.98 Å². The summed E-state index contributed by atoms with van der Waals surface area (Å²) in [5.74, 6) is 0.0657. The maximum absolute atomic E-state index is 12.0. The lowest BCUT2D eigenvalue weighted by atomic mass is 10.1. The van der Waals surface area contributed by atoms with E-state index < -0.39 is 0 Å². The molecule has 98 valence electrons. The molecule has 1 amide bonds. The first kappa shape index (κ1) is 11.8. The molecule has 1 saturated heterocycles. The Morgan fingerprint density at radius 1 is 1.21 bits per heavy atom. The molecule has 0 spiro atoms. The number of imidazole rings is 1. The lowest BCUT2D eigenvalue weighted by molar-refractivity contribution is 0.0652. The summed E-state index contributed by atoms with van der Waals surface area (Å²) in [6, 6.07) is 7.15. The van der Waals surface area contributed by atoms with Gasteiger partial charge in [0, 0.05) is 30.5 Å². The number of hydrogen-bond donors (Lipinski definition) is 1. The standard InChI is InChI=1S/C14H15N3O2/c1-10-9-15-14(19)17(10)12-5-3-11(4-6-12)13(18)16-7-2-8-16/h3-6,9H,2,7-8H2,1H3,(H,15,19). The maximum Gasteiger partial charge on any atom is 0.330 e. The molecule has 3 rings (SSSR count). The van der Waals surface area contributed by atoms with Crippen LogP contribution in [-0.4, -0.2) is 33.4 Å². The summed E-state index contributed by atoms with van der Waals surface area (Å²) in [6.45, 7) is 3.55. The average molecular weight is 257 g/mol. The van der Waals surface area contributed by atoms with Crippen LogP contribution in [0.5, 0.6) is 0 Å². The van der Waals surface area contributed by atoms with Crippen molar-refractivity contribution in [2.24, 2.45) is 0 Å². The lowest BCUT2D eigenvalue weighted by Crippen LogP contribution is -2.41. The number of aromatic amines is 1. The topological polar surface area (TPSA) is 58.1 Å². The van der Waals surface area contributed by atoms with Gasteiger partial charge >= 0.3 is 5.69 Å². The maximum atomic E-state index is 12.0. The number of benzene rings is 1. The summed E-state index contributed by atoms with van der Waals surface area (Å²) >= 11 is 0. The van der Waals surface area contributed by atoms with E-state index in [1.807, 2.05) is 11.8 Å². The van der Waals surface area contributed by atoms with Crippen molar-refractivity contribution in [2.45, 2.75) is 13.3 Å². The van der Waals surface area contributed by atoms with Gasteiger partial charge in [0.15, 0.2) is 0 Å². The Bertz CT molecular complexity index is 663. The molecule has 0 radical (unpaired) electrons. The van der Waals surface area contributed by atoms with Crippen molar-refractivity contribution >= 4 is 5.91 Å². The largest absolute Gasteiger partial charge is 0.339 e. The van der Waals surface area contributed by atoms with Crippen LogP contribution in [0.25, 0.3) is 5.69 Å². The highest BCUT2D eigenvalue weighted by atomic mass is 16.2. The molecule has 1 aliphatic heterocycles. The number of carbonyl (C=O) groups excluding carboxylic acids is 1. The van der Waals surface area contributed by atoms with E-state index in [4.69, 9.17) is 0 Å². The Morgan fingerprint density at radius 2 is 1.89 bits per heavy atom. The molecule has 5 nitrogen and oxygen atoms in total. The minimum absolute atomic E-state index is 0.0657. The molecule has 1 aliphatic rings. The fraction of sp³-hybridized carbons (Fsp3) is 0.286. The SMILES string of the molecule is Cc1c[nH]c(=O)n1-c1ccc(C(=O)N2CCC2)cc1. The number of carbonyl (C=O) groups is 1. The Balaban J connectivity index is 1.90. The number of amides is 1. The average Bonchev–Trinajstić information content (AvgIpc) is 2.67. The summed E-state index contributed by atoms with van der Waals surface area (Å²) in [4.78, 5) is 28.1. The number of nitrogens with one attached hydrogen (secondary N) is 1. The first-order chi connectivity index (χ1) is 9.16. The first-order valence-corrected chi connectivity index (χ1v) is 6.33. The molecule has 2 aromatic rings. The monoisotopic (exact) mass is 257 g/mol. The van der Waals surface area contributed by atoms with Gasteiger partial charge < -0.3 is 9.88 Å². The first-order valence-electron chi connectivity index (χ1n) is 6.33. The van der Waals surface area contributed by atoms with Crippen LogP contribution in [0.15, 0.2) is 35.3 Å². The van der Waals surface area contributed by atoms with E-state index in [-0.39, 0.29) is 11.6 Å². The van der Waals surface area contributed by atoms with Crippen LogP contribution >= 0.6 is 0 Å². The molecular formula is C14H15N3O2. The van der Waals surface area contributed by atoms with Crippen molar-refractivity contribution < 1.29 is 4.79 Å². The molecule has 0 atom stereocenters. The van der Waals surface area contributed by atoms with Crippen molar-refractivity contribution in [3.8, 4) is 5.69 Å². The third-order valence-corrected chi connectivity index (χ3v) is 3.48. The summed E-state index contributed by atoms with van der Waals surface area (Å²) in [5, 5.41) is 0. The van der Waals surface area contributed by atoms with Crippen molar-refractivity contribution in [2.75, 3.05) is 13.1 Å². The molecule has 1 aromatic carbocycles. The van der Waals surface area contributed by atoms with E-state index in [0.29, 0.717) is 5.56 Å². The minimum Gasteiger partial charge on any atom is -0.339 e. The van der Waals surface area contributed by atoms with Gasteiger partial charge in [0.05, 0.1) is 5.69 Å². The summed E-state index contributed by atoms with van der Waals surface area (Å²) in [5.41, 5.74) is 2.11. The second-order valence-electron chi connectivity index (χ2n) is 4.76. The molecule has 1 aromatic heterocycles. The van der Waals surface area contributed by atoms with Crippen molar-refractivity contribution in [1.82, 2.24) is 14.5 Å². The van der Waals surface area contributed by atoms with Crippen molar-refractivity contribution in [3.63, 3.8) is 0 Å². The molecule has 0 bridgehead atoms. The van der Waals surface area contributed by atoms with Gasteiger partial charge in [-0.1, -0.05) is 0 Å². The van der Waals surface area contributed by atoms with Gasteiger partial charge in [-0.15, -0.1) is 0 Å². The van der Waals surface area contributed by atoms with Gasteiger partial charge in [0.2, 0.25) is 0 Å². The number of nitrogens with zero attached hydrogens (tertiary/aromatic N) is 2. The van der Waals surface area contributed by atoms with Gasteiger partial charge in [-0.3, -0.25) is 9.36 Å². The second kappa shape index (κ2) is 4.42. The molecule has 19 heavy (non-hydrogen) atoms. The number of aromatic nitrogens is 2. The fourth-order valence-electron chi connectivity index (χ4n) is 2.23. The zero-order chi connectivity index (χ0) is 13.4. The van der Waals surface area contributed by atoms with E-state index in [1.54, 1.807) is 35.0 Å². The highest BCUT2D eigenvalue weighted by molar-refractivity contribution is 5.94. The predicted octanol–water partition coefficient (Wildman–Crippen LogP) is 1.32. The predicted molar refractivity (Wildman–Crippen MR) is 71.6 cm³/mol. The van der Waals surface area contributed by atoms with Gasteiger partial charge in [-0.05, 0) is 37.6 Å². The number of likely N-dealkylation sites (tertiary alicyclic amines) is 1. The van der Waals surface area contributed by atoms with Gasteiger partial charge in [-0.25, -0.2) is 4.79 Å². The van der Waals surface area contributed by atoms with E-state index in [1.165, 1.54) is 0 Å². The van der Waals surface area contributed by atoms with E-state index in [9.17, 15) is 9.59 Å². The van der Waals surface area contributed by atoms with Gasteiger partial charge in [-0.2, -0.15) is 0 Å². The molecular weight excluding hydrogens is 242 g/mol. The zero-order valence-electron chi connectivity index (χ0n) is 10.7. The molecule has 1 fully saturated rings. The van der Waals surface area contributed by atoms with Crippen LogP contribution in [0.1, 0.15) is 22.5 Å². The zero-order valence-corrected chi connectivity index (χ0v) is 10.7. The molecule has 0 aliphatic carbocycles. The van der Waals surface area contributed by atoms with Crippen molar-refractivity contribution in [1.29, 1.82) is 0 Å². The van der Waals surface area contributed by atoms with Crippen LogP contribution in [0.4, 0.5) is 0 Å². The molecule has 2 heterocycles. The lowest BCUT2D eigenvalue weighted by Gasteiger charge is -2.30. The van der Waals surface area contributed by atoms with Crippen LogP contribution < -0.4 is 5.69 Å². The Hall–Kier alpha value is -2.30. The van der Waals surface area contributed by atoms with Crippen molar-refractivity contribution in [3.05, 3.63) is 52.2 Å². The summed E-state index contributed by atoms with van der Waals surface area (Å²) < 4.78 is 1.58. The fourth-order valence-corrected chi connectivity index (χ4v) is 2.23. The highest BCUT2D eigenvalue weighted by Gasteiger charge is 2.21. The number of aryl methyl sites for hydroxylation is 1. The van der Waals surface area contributed by atoms with Crippen LogP contribution in [-0.2, 0) is 0 Å². The normalized spacial score (nSPS) is 14.3. The molecule has 5 heteroatoms. The third kappa shape index (κ3) is 1.97. The number of hydrogen-bond acceptors (Lipinski definition) is 2. The second-order valence-corrected chi connectivity index (χ2v) is 4.76.